The molecule has 1 aromatic heterocycles. The number of amides is 1. The van der Waals surface area contributed by atoms with Gasteiger partial charge >= 0.3 is 0 Å². The molecule has 0 aliphatic carbocycles. The molecule has 27 heavy (non-hydrogen) atoms. The van der Waals surface area contributed by atoms with Gasteiger partial charge < -0.3 is 14.9 Å². The molecule has 1 aromatic carbocycles. The van der Waals surface area contributed by atoms with Crippen molar-refractivity contribution in [3.05, 3.63) is 50.9 Å². The molecule has 0 saturated carbocycles. The number of fused-ring (bicyclic) bond motifs is 1. The van der Waals surface area contributed by atoms with Crippen LogP contribution in [0.15, 0.2) is 40.3 Å². The average molecular weight is 455 g/mol. The van der Waals surface area contributed by atoms with E-state index in [2.05, 4.69) is 20.9 Å². The van der Waals surface area contributed by atoms with E-state index < -0.39 is 11.1 Å². The van der Waals surface area contributed by atoms with Crippen molar-refractivity contribution in [2.75, 3.05) is 26.4 Å². The molecule has 7 nitrogen and oxygen atoms in total. The molecule has 1 amide bonds. The van der Waals surface area contributed by atoms with Crippen molar-refractivity contribution in [3.63, 3.8) is 0 Å². The third-order valence-corrected chi connectivity index (χ3v) is 7.01. The molecule has 2 aliphatic heterocycles. The maximum Gasteiger partial charge on any atom is 0.278 e. The van der Waals surface area contributed by atoms with Crippen LogP contribution < -0.4 is 0 Å². The summed E-state index contributed by atoms with van der Waals surface area (Å²) in [6.07, 6.45) is 0.357. The lowest BCUT2D eigenvalue weighted by Crippen LogP contribution is -2.60. The molecule has 9 heteroatoms. The molecule has 2 fully saturated rings. The smallest absolute Gasteiger partial charge is 0.278 e. The Bertz CT molecular complexity index is 828. The monoisotopic (exact) mass is 454 g/mol. The van der Waals surface area contributed by atoms with Crippen molar-refractivity contribution in [2.45, 2.75) is 17.6 Å². The minimum atomic E-state index is -1.04. The number of halogens is 1. The van der Waals surface area contributed by atoms with Crippen LogP contribution in [0, 0.1) is 5.92 Å². The number of ether oxygens (including phenoxy) is 1. The van der Waals surface area contributed by atoms with E-state index >= 15 is 0 Å². The first-order valence-corrected chi connectivity index (χ1v) is 10.2. The van der Waals surface area contributed by atoms with Gasteiger partial charge in [-0.3, -0.25) is 9.63 Å². The molecule has 3 heterocycles. The van der Waals surface area contributed by atoms with Gasteiger partial charge in [-0.2, -0.15) is 0 Å². The fourth-order valence-electron chi connectivity index (χ4n) is 3.74. The Labute approximate surface area is 168 Å². The van der Waals surface area contributed by atoms with Gasteiger partial charge in [-0.1, -0.05) is 18.2 Å². The summed E-state index contributed by atoms with van der Waals surface area (Å²) in [6.45, 7) is -0.243. The summed E-state index contributed by atoms with van der Waals surface area (Å²) in [4.78, 5) is 23.6. The standard InChI is InChI=1S/C18H19BrN2O5S/c19-14-8-27-16(20-14)18-11-25-17(9-22,10-23)6-13(18)7-26-21(18)15(24)12-4-2-1-3-5-12/h1-5,8,13,22-23H,6-7,9-11H2/t13-,18-/m1/s1. The quantitative estimate of drug-likeness (QED) is 0.733. The van der Waals surface area contributed by atoms with E-state index in [4.69, 9.17) is 9.57 Å². The van der Waals surface area contributed by atoms with Crippen LogP contribution in [0.25, 0.3) is 0 Å². The van der Waals surface area contributed by atoms with Crippen molar-refractivity contribution in [1.29, 1.82) is 0 Å². The van der Waals surface area contributed by atoms with Crippen LogP contribution in [0.3, 0.4) is 0 Å². The number of aromatic nitrogens is 1. The van der Waals surface area contributed by atoms with Gasteiger partial charge in [-0.05, 0) is 34.5 Å². The Balaban J connectivity index is 1.76. The second kappa shape index (κ2) is 7.23. The number of carbonyl (C=O) groups is 1. The molecule has 2 N–H and O–H groups in total. The molecular formula is C18H19BrN2O5S. The maximum absolute atomic E-state index is 13.2. The lowest BCUT2D eigenvalue weighted by Gasteiger charge is -2.47. The number of hydrogen-bond donors (Lipinski definition) is 2. The number of benzene rings is 1. The largest absolute Gasteiger partial charge is 0.393 e. The zero-order valence-corrected chi connectivity index (χ0v) is 16.8. The van der Waals surface area contributed by atoms with Gasteiger partial charge in [0.1, 0.15) is 15.2 Å². The minimum absolute atomic E-state index is 0.0807. The van der Waals surface area contributed by atoms with Crippen molar-refractivity contribution in [3.8, 4) is 0 Å². The van der Waals surface area contributed by atoms with Gasteiger partial charge in [-0.15, -0.1) is 11.3 Å². The van der Waals surface area contributed by atoms with Gasteiger partial charge in [0.25, 0.3) is 5.91 Å². The summed E-state index contributed by atoms with van der Waals surface area (Å²) in [5.41, 5.74) is -1.44. The molecule has 144 valence electrons. The average Bonchev–Trinajstić information content (AvgIpc) is 3.31. The van der Waals surface area contributed by atoms with Crippen LogP contribution in [-0.2, 0) is 15.1 Å². The Morgan fingerprint density at radius 1 is 1.33 bits per heavy atom. The van der Waals surface area contributed by atoms with Crippen LogP contribution in [-0.4, -0.2) is 58.2 Å². The summed E-state index contributed by atoms with van der Waals surface area (Å²) < 4.78 is 6.62. The zero-order chi connectivity index (χ0) is 19.1. The zero-order valence-electron chi connectivity index (χ0n) is 14.4. The lowest BCUT2D eigenvalue weighted by atomic mass is 9.75. The predicted octanol–water partition coefficient (Wildman–Crippen LogP) is 1.95. The maximum atomic E-state index is 13.2. The number of nitrogens with zero attached hydrogens (tertiary/aromatic N) is 2. The van der Waals surface area contributed by atoms with E-state index in [1.807, 2.05) is 11.4 Å². The highest BCUT2D eigenvalue weighted by molar-refractivity contribution is 9.10. The van der Waals surface area contributed by atoms with Crippen molar-refractivity contribution in [2.24, 2.45) is 5.92 Å². The molecule has 4 rings (SSSR count). The number of carbonyl (C=O) groups excluding carboxylic acids is 1. The molecule has 0 unspecified atom stereocenters. The van der Waals surface area contributed by atoms with Gasteiger partial charge in [0.15, 0.2) is 5.54 Å². The van der Waals surface area contributed by atoms with Gasteiger partial charge in [0.2, 0.25) is 0 Å². The number of aliphatic hydroxyl groups excluding tert-OH is 2. The molecule has 0 spiro atoms. The first-order chi connectivity index (χ1) is 13.0. The molecule has 0 radical (unpaired) electrons. The fourth-order valence-corrected chi connectivity index (χ4v) is 5.24. The highest BCUT2D eigenvalue weighted by Crippen LogP contribution is 2.51. The van der Waals surface area contributed by atoms with Gasteiger partial charge in [-0.25, -0.2) is 10.0 Å². The van der Waals surface area contributed by atoms with Gasteiger partial charge in [0.05, 0.1) is 26.4 Å². The third kappa shape index (κ3) is 3.02. The van der Waals surface area contributed by atoms with Crippen LogP contribution in [0.1, 0.15) is 21.8 Å². The van der Waals surface area contributed by atoms with Crippen LogP contribution in [0.4, 0.5) is 0 Å². The lowest BCUT2D eigenvalue weighted by molar-refractivity contribution is -0.208. The second-order valence-electron chi connectivity index (χ2n) is 6.85. The normalized spacial score (nSPS) is 26.8. The van der Waals surface area contributed by atoms with E-state index in [0.717, 1.165) is 0 Å². The van der Waals surface area contributed by atoms with E-state index in [1.54, 1.807) is 24.3 Å². The second-order valence-corrected chi connectivity index (χ2v) is 8.52. The number of hydrogen-bond acceptors (Lipinski definition) is 7. The number of thiazole rings is 1. The molecule has 0 bridgehead atoms. The summed E-state index contributed by atoms with van der Waals surface area (Å²) in [6, 6.07) is 8.92. The fraction of sp³-hybridized carbons (Fsp3) is 0.444. The van der Waals surface area contributed by atoms with E-state index in [9.17, 15) is 15.0 Å². The molecular weight excluding hydrogens is 436 g/mol. The molecule has 2 aliphatic rings. The predicted molar refractivity (Wildman–Crippen MR) is 101 cm³/mol. The SMILES string of the molecule is O=C(c1ccccc1)N1OC[C@H]2CC(CO)(CO)OC[C@]21c1nc(Br)cs1. The number of aliphatic hydroxyl groups is 2. The Kier molecular flexibility index (Phi) is 5.08. The minimum Gasteiger partial charge on any atom is -0.393 e. The van der Waals surface area contributed by atoms with Crippen molar-refractivity contribution >= 4 is 33.2 Å². The third-order valence-electron chi connectivity index (χ3n) is 5.29. The summed E-state index contributed by atoms with van der Waals surface area (Å²) in [7, 11) is 0. The molecule has 2 saturated heterocycles. The van der Waals surface area contributed by atoms with Crippen molar-refractivity contribution in [1.82, 2.24) is 10.0 Å². The highest BCUT2D eigenvalue weighted by atomic mass is 79.9. The number of hydroxylamine groups is 2. The van der Waals surface area contributed by atoms with E-state index in [0.29, 0.717) is 21.6 Å². The Hall–Kier alpha value is -1.36. The van der Waals surface area contributed by atoms with Crippen LogP contribution in [0.5, 0.6) is 0 Å². The summed E-state index contributed by atoms with van der Waals surface area (Å²) in [5.74, 6) is -0.440. The van der Waals surface area contributed by atoms with E-state index in [-0.39, 0.29) is 38.3 Å². The highest BCUT2D eigenvalue weighted by Gasteiger charge is 2.61. The first-order valence-electron chi connectivity index (χ1n) is 8.54. The van der Waals surface area contributed by atoms with Crippen molar-refractivity contribution < 1.29 is 24.6 Å². The summed E-state index contributed by atoms with van der Waals surface area (Å²) >= 11 is 4.80. The Morgan fingerprint density at radius 2 is 2.07 bits per heavy atom. The van der Waals surface area contributed by atoms with E-state index in [1.165, 1.54) is 16.4 Å². The first kappa shape index (κ1) is 19.0. The topological polar surface area (TPSA) is 92.1 Å². The van der Waals surface area contributed by atoms with Crippen LogP contribution >= 0.6 is 27.3 Å². The van der Waals surface area contributed by atoms with Crippen LogP contribution in [0.2, 0.25) is 0 Å². The molecule has 2 atom stereocenters. The van der Waals surface area contributed by atoms with Gasteiger partial charge in [0, 0.05) is 16.9 Å². The summed E-state index contributed by atoms with van der Waals surface area (Å²) in [5, 5.41) is 23.4. The number of rotatable bonds is 4. The molecule has 2 aromatic rings. The Morgan fingerprint density at radius 3 is 2.70 bits per heavy atom.